The Hall–Kier alpha value is -4.05. The molecule has 4 N–H and O–H groups in total. The molecule has 16 heteroatoms. The predicted octanol–water partition coefficient (Wildman–Crippen LogP) is 2.10. The van der Waals surface area contributed by atoms with E-state index in [9.17, 15) is 24.0 Å². The first kappa shape index (κ1) is 34.4. The molecule has 2 aromatic rings. The molecule has 1 unspecified atom stereocenters. The lowest BCUT2D eigenvalue weighted by Crippen LogP contribution is -2.43. The van der Waals surface area contributed by atoms with Gasteiger partial charge in [0.05, 0.1) is 35.5 Å². The molecule has 0 bridgehead atoms. The van der Waals surface area contributed by atoms with Crippen LogP contribution in [0.3, 0.4) is 0 Å². The molecular formula is C28H34ClN5O9S. The minimum absolute atomic E-state index is 0.0261. The Labute approximate surface area is 262 Å². The maximum absolute atomic E-state index is 13.2. The van der Waals surface area contributed by atoms with Crippen LogP contribution < -0.4 is 20.9 Å². The Kier molecular flexibility index (Phi) is 13.1. The standard InChI is InChI=1S/C26H30ClN5O7S.C2H4O2/c27-21-9-8-20(40-21)25(36)32(23(34)3-1-2-10-29-22(33)13-28)15-19-14-31(26(37)39-19)18-6-4-17(5-7-18)30-11-12-38-16-24(30)35;1-2(3)4/h4-9,19H,1-3,10-16,28H2,(H,29,33);1H3,(H,3,4). The number of unbranched alkanes of at least 4 members (excludes halogenated alkanes) is 1. The summed E-state index contributed by atoms with van der Waals surface area (Å²) >= 11 is 7.06. The van der Waals surface area contributed by atoms with Crippen molar-refractivity contribution in [1.82, 2.24) is 10.2 Å². The van der Waals surface area contributed by atoms with E-state index >= 15 is 0 Å². The van der Waals surface area contributed by atoms with Crippen molar-refractivity contribution in [2.24, 2.45) is 5.73 Å². The zero-order valence-corrected chi connectivity index (χ0v) is 25.6. The topological polar surface area (TPSA) is 189 Å². The number of nitrogens with one attached hydrogen (secondary N) is 1. The van der Waals surface area contributed by atoms with Crippen molar-refractivity contribution >= 4 is 70.0 Å². The fourth-order valence-corrected chi connectivity index (χ4v) is 5.32. The fraction of sp³-hybridized carbons (Fsp3) is 0.429. The highest BCUT2D eigenvalue weighted by Gasteiger charge is 2.36. The molecule has 2 saturated heterocycles. The number of amides is 5. The molecule has 0 saturated carbocycles. The van der Waals surface area contributed by atoms with Gasteiger partial charge >= 0.3 is 6.09 Å². The van der Waals surface area contributed by atoms with E-state index in [4.69, 9.17) is 36.7 Å². The normalized spacial score (nSPS) is 16.1. The van der Waals surface area contributed by atoms with Crippen molar-refractivity contribution in [2.45, 2.75) is 32.3 Å². The number of cyclic esters (lactones) is 1. The highest BCUT2D eigenvalue weighted by Crippen LogP contribution is 2.27. The van der Waals surface area contributed by atoms with Crippen LogP contribution in [0.1, 0.15) is 35.9 Å². The van der Waals surface area contributed by atoms with E-state index < -0.39 is 30.0 Å². The molecule has 1 aromatic carbocycles. The van der Waals surface area contributed by atoms with Gasteiger partial charge in [0.15, 0.2) is 0 Å². The van der Waals surface area contributed by atoms with Crippen LogP contribution in [-0.2, 0) is 28.7 Å². The van der Waals surface area contributed by atoms with E-state index in [1.165, 1.54) is 4.90 Å². The molecule has 0 radical (unpaired) electrons. The first-order chi connectivity index (χ1) is 21.0. The summed E-state index contributed by atoms with van der Waals surface area (Å²) in [6, 6.07) is 10.0. The Morgan fingerprint density at radius 3 is 2.34 bits per heavy atom. The molecule has 3 heterocycles. The highest BCUT2D eigenvalue weighted by atomic mass is 35.5. The van der Waals surface area contributed by atoms with Gasteiger partial charge in [0.1, 0.15) is 12.7 Å². The quantitative estimate of drug-likeness (QED) is 0.303. The number of nitrogens with two attached hydrogens (primary N) is 1. The van der Waals surface area contributed by atoms with Crippen LogP contribution in [0.2, 0.25) is 4.34 Å². The second-order valence-corrected chi connectivity index (χ2v) is 11.4. The number of anilines is 2. The molecule has 4 rings (SSSR count). The molecular weight excluding hydrogens is 618 g/mol. The SMILES string of the molecule is CC(=O)O.NCC(=O)NCCCCC(=O)N(CC1CN(c2ccc(N3CCOCC3=O)cc2)C(=O)O1)C(=O)c1ccc(Cl)s1. The van der Waals surface area contributed by atoms with Crippen LogP contribution in [0.25, 0.3) is 0 Å². The van der Waals surface area contributed by atoms with Crippen LogP contribution in [0.5, 0.6) is 0 Å². The van der Waals surface area contributed by atoms with Crippen molar-refractivity contribution in [3.63, 3.8) is 0 Å². The maximum atomic E-state index is 13.2. The highest BCUT2D eigenvalue weighted by molar-refractivity contribution is 7.18. The summed E-state index contributed by atoms with van der Waals surface area (Å²) in [5, 5.41) is 10.1. The number of carbonyl (C=O) groups excluding carboxylic acids is 5. The number of thiophene rings is 1. The molecule has 1 atom stereocenters. The average Bonchev–Trinajstić information content (AvgIpc) is 3.60. The van der Waals surface area contributed by atoms with Gasteiger partial charge in [-0.15, -0.1) is 11.3 Å². The number of halogens is 1. The Bertz CT molecular complexity index is 1350. The minimum atomic E-state index is -0.833. The van der Waals surface area contributed by atoms with Gasteiger partial charge in [0.2, 0.25) is 11.8 Å². The van der Waals surface area contributed by atoms with E-state index in [0.29, 0.717) is 53.1 Å². The minimum Gasteiger partial charge on any atom is -0.481 e. The number of benzene rings is 1. The number of rotatable bonds is 11. The summed E-state index contributed by atoms with van der Waals surface area (Å²) in [4.78, 5) is 75.9. The number of hydrogen-bond donors (Lipinski definition) is 3. The number of ether oxygens (including phenoxy) is 2. The van der Waals surface area contributed by atoms with Gasteiger partial charge in [-0.25, -0.2) is 4.79 Å². The summed E-state index contributed by atoms with van der Waals surface area (Å²) in [5.41, 5.74) is 6.52. The van der Waals surface area contributed by atoms with Crippen LogP contribution in [0.4, 0.5) is 16.2 Å². The molecule has 5 amide bonds. The van der Waals surface area contributed by atoms with E-state index in [2.05, 4.69) is 5.32 Å². The fourth-order valence-electron chi connectivity index (χ4n) is 4.33. The van der Waals surface area contributed by atoms with Gasteiger partial charge in [0.25, 0.3) is 17.8 Å². The third-order valence-corrected chi connectivity index (χ3v) is 7.59. The van der Waals surface area contributed by atoms with Crippen LogP contribution in [-0.4, -0.2) is 97.7 Å². The van der Waals surface area contributed by atoms with Crippen LogP contribution in [0, 0.1) is 0 Å². The molecule has 238 valence electrons. The van der Waals surface area contributed by atoms with Crippen molar-refractivity contribution in [1.29, 1.82) is 0 Å². The van der Waals surface area contributed by atoms with Crippen molar-refractivity contribution in [2.75, 3.05) is 55.7 Å². The second-order valence-electron chi connectivity index (χ2n) is 9.67. The van der Waals surface area contributed by atoms with Gasteiger partial charge in [-0.3, -0.25) is 33.8 Å². The molecule has 0 aliphatic carbocycles. The number of aliphatic carboxylic acids is 1. The lowest BCUT2D eigenvalue weighted by molar-refractivity contribution is -0.134. The van der Waals surface area contributed by atoms with E-state index in [0.717, 1.165) is 23.2 Å². The maximum Gasteiger partial charge on any atom is 0.414 e. The lowest BCUT2D eigenvalue weighted by atomic mass is 10.2. The zero-order valence-electron chi connectivity index (χ0n) is 24.0. The number of nitrogens with zero attached hydrogens (tertiary/aromatic N) is 3. The number of morpholine rings is 1. The number of carboxylic acids is 1. The van der Waals surface area contributed by atoms with Crippen molar-refractivity contribution in [3.05, 3.63) is 45.6 Å². The monoisotopic (exact) mass is 651 g/mol. The Balaban J connectivity index is 0.00000124. The van der Waals surface area contributed by atoms with E-state index in [1.807, 2.05) is 0 Å². The summed E-state index contributed by atoms with van der Waals surface area (Å²) in [5.74, 6) is -2.20. The molecule has 1 aromatic heterocycles. The average molecular weight is 652 g/mol. The molecule has 2 aliphatic rings. The predicted molar refractivity (Wildman–Crippen MR) is 162 cm³/mol. The molecule has 44 heavy (non-hydrogen) atoms. The van der Waals surface area contributed by atoms with Crippen molar-refractivity contribution < 1.29 is 43.3 Å². The Morgan fingerprint density at radius 1 is 1.09 bits per heavy atom. The first-order valence-corrected chi connectivity index (χ1v) is 14.9. The number of carboxylic acid groups (broad SMARTS) is 1. The van der Waals surface area contributed by atoms with Gasteiger partial charge in [-0.1, -0.05) is 11.6 Å². The van der Waals surface area contributed by atoms with Crippen LogP contribution in [0.15, 0.2) is 36.4 Å². The van der Waals surface area contributed by atoms with E-state index in [-0.39, 0.29) is 44.5 Å². The Morgan fingerprint density at radius 2 is 1.75 bits per heavy atom. The smallest absolute Gasteiger partial charge is 0.414 e. The largest absolute Gasteiger partial charge is 0.481 e. The zero-order chi connectivity index (χ0) is 32.2. The van der Waals surface area contributed by atoms with Crippen molar-refractivity contribution in [3.8, 4) is 0 Å². The molecule has 2 aliphatic heterocycles. The van der Waals surface area contributed by atoms with Gasteiger partial charge < -0.3 is 30.5 Å². The van der Waals surface area contributed by atoms with Gasteiger partial charge in [-0.2, -0.15) is 0 Å². The summed E-state index contributed by atoms with van der Waals surface area (Å²) < 4.78 is 11.1. The summed E-state index contributed by atoms with van der Waals surface area (Å²) in [7, 11) is 0. The lowest BCUT2D eigenvalue weighted by Gasteiger charge is -2.27. The van der Waals surface area contributed by atoms with Crippen LogP contribution >= 0.6 is 22.9 Å². The number of carbonyl (C=O) groups is 6. The third kappa shape index (κ3) is 10.0. The number of hydrogen-bond acceptors (Lipinski definition) is 10. The van der Waals surface area contributed by atoms with E-state index in [1.54, 1.807) is 41.3 Å². The molecule has 0 spiro atoms. The third-order valence-electron chi connectivity index (χ3n) is 6.37. The second kappa shape index (κ2) is 16.7. The first-order valence-electron chi connectivity index (χ1n) is 13.7. The van der Waals surface area contributed by atoms with Gasteiger partial charge in [-0.05, 0) is 49.2 Å². The summed E-state index contributed by atoms with van der Waals surface area (Å²) in [6.45, 7) is 2.26. The molecule has 2 fully saturated rings. The number of imide groups is 1. The summed E-state index contributed by atoms with van der Waals surface area (Å²) in [6.07, 6.45) is -0.319. The molecule has 14 nitrogen and oxygen atoms in total. The van der Waals surface area contributed by atoms with Gasteiger partial charge in [0, 0.05) is 37.8 Å².